The molecule has 0 aliphatic heterocycles. The third-order valence-electron chi connectivity index (χ3n) is 4.64. The lowest BCUT2D eigenvalue weighted by molar-refractivity contribution is 0.150. The topological polar surface area (TPSA) is 38.5 Å². The second-order valence-electron chi connectivity index (χ2n) is 5.58. The average Bonchev–Trinajstić information content (AvgIpc) is 2.94. The number of ether oxygens (including phenoxy) is 1. The molecule has 1 aromatic carbocycles. The van der Waals surface area contributed by atoms with Gasteiger partial charge in [-0.2, -0.15) is 0 Å². The van der Waals surface area contributed by atoms with Crippen LogP contribution in [-0.4, -0.2) is 31.6 Å². The monoisotopic (exact) mass is 262 g/mol. The molecule has 1 saturated carbocycles. The van der Waals surface area contributed by atoms with Crippen molar-refractivity contribution in [1.29, 1.82) is 0 Å². The first-order valence-electron chi connectivity index (χ1n) is 7.24. The Morgan fingerprint density at radius 3 is 2.79 bits per heavy atom. The Kier molecular flexibility index (Phi) is 4.83. The maximum absolute atomic E-state index is 5.91. The Bertz CT molecular complexity index is 407. The molecular weight excluding hydrogens is 236 g/mol. The molecule has 106 valence electrons. The lowest BCUT2D eigenvalue weighted by Crippen LogP contribution is -2.39. The fraction of sp³-hybridized carbons (Fsp3) is 0.625. The van der Waals surface area contributed by atoms with Crippen LogP contribution < -0.4 is 10.5 Å². The highest BCUT2D eigenvalue weighted by atomic mass is 16.5. The number of hydrogen-bond donors (Lipinski definition) is 1. The Balaban J connectivity index is 2.16. The van der Waals surface area contributed by atoms with Gasteiger partial charge in [0.25, 0.3) is 0 Å². The first-order chi connectivity index (χ1) is 9.19. The molecule has 1 aliphatic carbocycles. The van der Waals surface area contributed by atoms with E-state index in [0.29, 0.717) is 18.0 Å². The van der Waals surface area contributed by atoms with Gasteiger partial charge in [0.15, 0.2) is 0 Å². The van der Waals surface area contributed by atoms with E-state index < -0.39 is 0 Å². The Morgan fingerprint density at radius 2 is 2.11 bits per heavy atom. The molecule has 0 amide bonds. The number of nitrogens with two attached hydrogens (primary N) is 1. The summed E-state index contributed by atoms with van der Waals surface area (Å²) in [6, 6.07) is 9.25. The minimum atomic E-state index is 0.355. The summed E-state index contributed by atoms with van der Waals surface area (Å²) in [5.74, 6) is 1.62. The highest BCUT2D eigenvalue weighted by Crippen LogP contribution is 2.35. The van der Waals surface area contributed by atoms with E-state index in [4.69, 9.17) is 10.5 Å². The molecule has 2 rings (SSSR count). The van der Waals surface area contributed by atoms with Crippen LogP contribution in [0.3, 0.4) is 0 Å². The summed E-state index contributed by atoms with van der Waals surface area (Å²) in [5, 5.41) is 0. The van der Waals surface area contributed by atoms with Crippen molar-refractivity contribution >= 4 is 0 Å². The second-order valence-corrected chi connectivity index (χ2v) is 5.58. The molecule has 0 saturated heterocycles. The smallest absolute Gasteiger partial charge is 0.123 e. The van der Waals surface area contributed by atoms with Crippen LogP contribution >= 0.6 is 0 Å². The summed E-state index contributed by atoms with van der Waals surface area (Å²) in [4.78, 5) is 2.47. The summed E-state index contributed by atoms with van der Waals surface area (Å²) in [6.45, 7) is 3.05. The molecule has 3 unspecified atom stereocenters. The van der Waals surface area contributed by atoms with Gasteiger partial charge in [-0.15, -0.1) is 0 Å². The molecule has 0 spiro atoms. The highest BCUT2D eigenvalue weighted by molar-refractivity contribution is 5.35. The van der Waals surface area contributed by atoms with Gasteiger partial charge in [-0.1, -0.05) is 24.6 Å². The van der Waals surface area contributed by atoms with Gasteiger partial charge >= 0.3 is 0 Å². The Morgan fingerprint density at radius 1 is 1.37 bits per heavy atom. The molecular formula is C16H26N2O. The van der Waals surface area contributed by atoms with E-state index in [9.17, 15) is 0 Å². The standard InChI is InChI=1S/C16H26N2O/c1-12(14-8-4-5-10-16(14)19-3)18(2)15-9-6-7-13(15)11-17/h4-5,8,10,12-13,15H,6-7,9,11,17H2,1-3H3. The van der Waals surface area contributed by atoms with Crippen LogP contribution in [0.1, 0.15) is 37.8 Å². The van der Waals surface area contributed by atoms with Crippen molar-refractivity contribution in [3.8, 4) is 5.75 Å². The fourth-order valence-electron chi connectivity index (χ4n) is 3.35. The van der Waals surface area contributed by atoms with Crippen molar-refractivity contribution in [2.75, 3.05) is 20.7 Å². The molecule has 0 radical (unpaired) electrons. The van der Waals surface area contributed by atoms with Crippen molar-refractivity contribution in [3.63, 3.8) is 0 Å². The minimum absolute atomic E-state index is 0.355. The molecule has 3 atom stereocenters. The van der Waals surface area contributed by atoms with Crippen molar-refractivity contribution in [1.82, 2.24) is 4.90 Å². The van der Waals surface area contributed by atoms with Crippen molar-refractivity contribution < 1.29 is 4.74 Å². The average molecular weight is 262 g/mol. The summed E-state index contributed by atoms with van der Waals surface area (Å²) >= 11 is 0. The van der Waals surface area contributed by atoms with Gasteiger partial charge in [-0.05, 0) is 45.3 Å². The van der Waals surface area contributed by atoms with Crippen LogP contribution in [0.2, 0.25) is 0 Å². The number of para-hydroxylation sites is 1. The van der Waals surface area contributed by atoms with Gasteiger partial charge in [0, 0.05) is 17.6 Å². The van der Waals surface area contributed by atoms with E-state index >= 15 is 0 Å². The largest absolute Gasteiger partial charge is 0.496 e. The van der Waals surface area contributed by atoms with E-state index in [1.54, 1.807) is 7.11 Å². The highest BCUT2D eigenvalue weighted by Gasteiger charge is 2.32. The molecule has 0 heterocycles. The third-order valence-corrected chi connectivity index (χ3v) is 4.64. The molecule has 2 N–H and O–H groups in total. The zero-order valence-electron chi connectivity index (χ0n) is 12.3. The summed E-state index contributed by atoms with van der Waals surface area (Å²) < 4.78 is 5.48. The van der Waals surface area contributed by atoms with Crippen LogP contribution in [0.4, 0.5) is 0 Å². The Labute approximate surface area is 116 Å². The van der Waals surface area contributed by atoms with Crippen molar-refractivity contribution in [2.45, 2.75) is 38.3 Å². The molecule has 0 aromatic heterocycles. The second kappa shape index (κ2) is 6.40. The first-order valence-corrected chi connectivity index (χ1v) is 7.24. The van der Waals surface area contributed by atoms with Gasteiger partial charge in [-0.3, -0.25) is 4.90 Å². The van der Waals surface area contributed by atoms with Gasteiger partial charge in [0.2, 0.25) is 0 Å². The van der Waals surface area contributed by atoms with Gasteiger partial charge in [0.05, 0.1) is 7.11 Å². The number of hydrogen-bond acceptors (Lipinski definition) is 3. The summed E-state index contributed by atoms with van der Waals surface area (Å²) in [6.07, 6.45) is 3.83. The number of methoxy groups -OCH3 is 1. The third kappa shape index (κ3) is 2.93. The molecule has 1 aliphatic rings. The minimum Gasteiger partial charge on any atom is -0.496 e. The zero-order chi connectivity index (χ0) is 13.8. The maximum Gasteiger partial charge on any atom is 0.123 e. The molecule has 1 fully saturated rings. The number of nitrogens with zero attached hydrogens (tertiary/aromatic N) is 1. The van der Waals surface area contributed by atoms with Crippen LogP contribution in [0.15, 0.2) is 24.3 Å². The van der Waals surface area contributed by atoms with E-state index in [1.165, 1.54) is 24.8 Å². The maximum atomic E-state index is 5.91. The molecule has 19 heavy (non-hydrogen) atoms. The first kappa shape index (κ1) is 14.4. The predicted octanol–water partition coefficient (Wildman–Crippen LogP) is 2.82. The lowest BCUT2D eigenvalue weighted by Gasteiger charge is -2.34. The van der Waals surface area contributed by atoms with Crippen molar-refractivity contribution in [3.05, 3.63) is 29.8 Å². The SMILES string of the molecule is COc1ccccc1C(C)N(C)C1CCCC1CN. The predicted molar refractivity (Wildman–Crippen MR) is 79.4 cm³/mol. The van der Waals surface area contributed by atoms with Gasteiger partial charge < -0.3 is 10.5 Å². The summed E-state index contributed by atoms with van der Waals surface area (Å²) in [5.41, 5.74) is 7.16. The molecule has 1 aromatic rings. The van der Waals surface area contributed by atoms with Crippen LogP contribution in [0, 0.1) is 5.92 Å². The summed E-state index contributed by atoms with van der Waals surface area (Å²) in [7, 11) is 3.96. The molecule has 3 heteroatoms. The number of benzene rings is 1. The van der Waals surface area contributed by atoms with Crippen molar-refractivity contribution in [2.24, 2.45) is 11.7 Å². The fourth-order valence-corrected chi connectivity index (χ4v) is 3.35. The normalized spacial score (nSPS) is 24.7. The van der Waals surface area contributed by atoms with Gasteiger partial charge in [0.1, 0.15) is 5.75 Å². The van der Waals surface area contributed by atoms with Crippen LogP contribution in [0.25, 0.3) is 0 Å². The van der Waals surface area contributed by atoms with Crippen LogP contribution in [-0.2, 0) is 0 Å². The zero-order valence-corrected chi connectivity index (χ0v) is 12.3. The van der Waals surface area contributed by atoms with E-state index in [2.05, 4.69) is 31.0 Å². The van der Waals surface area contributed by atoms with E-state index in [0.717, 1.165) is 12.3 Å². The van der Waals surface area contributed by atoms with Crippen LogP contribution in [0.5, 0.6) is 5.75 Å². The lowest BCUT2D eigenvalue weighted by atomic mass is 9.98. The van der Waals surface area contributed by atoms with E-state index in [1.807, 2.05) is 12.1 Å². The van der Waals surface area contributed by atoms with E-state index in [-0.39, 0.29) is 0 Å². The van der Waals surface area contributed by atoms with Gasteiger partial charge in [-0.25, -0.2) is 0 Å². The number of rotatable bonds is 5. The molecule has 3 nitrogen and oxygen atoms in total. The molecule has 0 bridgehead atoms. The quantitative estimate of drug-likeness (QED) is 0.887. The Hall–Kier alpha value is -1.06.